The van der Waals surface area contributed by atoms with Gasteiger partial charge in [0.05, 0.1) is 5.41 Å². The molecule has 1 fully saturated rings. The summed E-state index contributed by atoms with van der Waals surface area (Å²) in [7, 11) is 0. The zero-order valence-electron chi connectivity index (χ0n) is 11.7. The highest BCUT2D eigenvalue weighted by molar-refractivity contribution is 5.89. The zero-order chi connectivity index (χ0) is 13.9. The summed E-state index contributed by atoms with van der Waals surface area (Å²) in [6.45, 7) is 4.15. The highest BCUT2D eigenvalue weighted by Crippen LogP contribution is 2.44. The molecule has 0 bridgehead atoms. The molecule has 0 atom stereocenters. The van der Waals surface area contributed by atoms with Crippen LogP contribution in [0.4, 0.5) is 4.39 Å². The zero-order valence-corrected chi connectivity index (χ0v) is 11.7. The number of hydrogen-bond acceptors (Lipinski definition) is 1. The lowest BCUT2D eigenvalue weighted by atomic mass is 9.63. The second kappa shape index (κ2) is 5.72. The Morgan fingerprint density at radius 2 is 2.05 bits per heavy atom. The van der Waals surface area contributed by atoms with Gasteiger partial charge in [0.15, 0.2) is 0 Å². The van der Waals surface area contributed by atoms with Gasteiger partial charge < -0.3 is 5.32 Å². The second-order valence-corrected chi connectivity index (χ2v) is 5.43. The molecule has 1 amide bonds. The molecular weight excluding hydrogens is 241 g/mol. The Balaban J connectivity index is 2.20. The standard InChI is InChI=1S/C16H22FNO/c1-3-14(4-2)18-15(19)16(9-6-10-16)12-7-5-8-13(17)11-12/h5,7-8,11,14H,3-4,6,9-10H2,1-2H3,(H,18,19). The van der Waals surface area contributed by atoms with Crippen molar-refractivity contribution in [2.24, 2.45) is 0 Å². The first kappa shape index (κ1) is 14.0. The molecule has 2 rings (SSSR count). The SMILES string of the molecule is CCC(CC)NC(=O)C1(c2cccc(F)c2)CCC1. The van der Waals surface area contributed by atoms with Crippen LogP contribution in [-0.4, -0.2) is 11.9 Å². The fourth-order valence-electron chi connectivity index (χ4n) is 2.78. The van der Waals surface area contributed by atoms with E-state index in [0.717, 1.165) is 37.7 Å². The lowest BCUT2D eigenvalue weighted by Crippen LogP contribution is -2.51. The number of hydrogen-bond donors (Lipinski definition) is 1. The molecule has 1 aromatic carbocycles. The van der Waals surface area contributed by atoms with E-state index in [0.29, 0.717) is 0 Å². The van der Waals surface area contributed by atoms with Gasteiger partial charge in [-0.15, -0.1) is 0 Å². The van der Waals surface area contributed by atoms with Crippen molar-refractivity contribution in [3.05, 3.63) is 35.6 Å². The third-order valence-corrected chi connectivity index (χ3v) is 4.34. The fourth-order valence-corrected chi connectivity index (χ4v) is 2.78. The van der Waals surface area contributed by atoms with E-state index in [1.54, 1.807) is 6.07 Å². The van der Waals surface area contributed by atoms with Gasteiger partial charge in [0, 0.05) is 6.04 Å². The molecule has 1 aliphatic rings. The third kappa shape index (κ3) is 2.65. The maximum absolute atomic E-state index is 13.4. The summed E-state index contributed by atoms with van der Waals surface area (Å²) in [5.41, 5.74) is 0.326. The molecule has 1 saturated carbocycles. The first-order chi connectivity index (χ1) is 9.12. The van der Waals surface area contributed by atoms with Gasteiger partial charge in [-0.25, -0.2) is 4.39 Å². The minimum Gasteiger partial charge on any atom is -0.353 e. The van der Waals surface area contributed by atoms with Crippen molar-refractivity contribution in [1.82, 2.24) is 5.32 Å². The van der Waals surface area contributed by atoms with Crippen LogP contribution < -0.4 is 5.32 Å². The van der Waals surface area contributed by atoms with Gasteiger partial charge in [-0.05, 0) is 43.4 Å². The van der Waals surface area contributed by atoms with E-state index in [1.165, 1.54) is 12.1 Å². The van der Waals surface area contributed by atoms with E-state index in [-0.39, 0.29) is 17.8 Å². The summed E-state index contributed by atoms with van der Waals surface area (Å²) in [5.74, 6) is -0.197. The lowest BCUT2D eigenvalue weighted by Gasteiger charge is -2.41. The summed E-state index contributed by atoms with van der Waals surface area (Å²) in [6, 6.07) is 6.71. The molecule has 1 N–H and O–H groups in total. The quantitative estimate of drug-likeness (QED) is 0.864. The van der Waals surface area contributed by atoms with Crippen LogP contribution in [0.2, 0.25) is 0 Å². The molecule has 19 heavy (non-hydrogen) atoms. The Bertz CT molecular complexity index is 450. The molecule has 0 heterocycles. The number of carbonyl (C=O) groups is 1. The van der Waals surface area contributed by atoms with Crippen LogP contribution in [0.3, 0.4) is 0 Å². The first-order valence-electron chi connectivity index (χ1n) is 7.19. The van der Waals surface area contributed by atoms with E-state index >= 15 is 0 Å². The third-order valence-electron chi connectivity index (χ3n) is 4.34. The summed E-state index contributed by atoms with van der Waals surface area (Å²) in [4.78, 5) is 12.6. The number of rotatable bonds is 5. The first-order valence-corrected chi connectivity index (χ1v) is 7.19. The van der Waals surface area contributed by atoms with Crippen LogP contribution in [0.1, 0.15) is 51.5 Å². The Morgan fingerprint density at radius 1 is 1.37 bits per heavy atom. The average Bonchev–Trinajstić information content (AvgIpc) is 2.34. The number of benzene rings is 1. The van der Waals surface area contributed by atoms with E-state index < -0.39 is 5.41 Å². The Kier molecular flexibility index (Phi) is 4.23. The number of halogens is 1. The van der Waals surface area contributed by atoms with Gasteiger partial charge in [-0.3, -0.25) is 4.79 Å². The van der Waals surface area contributed by atoms with Gasteiger partial charge >= 0.3 is 0 Å². The van der Waals surface area contributed by atoms with Gasteiger partial charge in [-0.2, -0.15) is 0 Å². The minimum atomic E-state index is -0.495. The van der Waals surface area contributed by atoms with Gasteiger partial charge in [-0.1, -0.05) is 32.4 Å². The van der Waals surface area contributed by atoms with E-state index in [9.17, 15) is 9.18 Å². The summed E-state index contributed by atoms with van der Waals surface area (Å²) in [5, 5.41) is 3.12. The van der Waals surface area contributed by atoms with Crippen molar-refractivity contribution in [3.63, 3.8) is 0 Å². The van der Waals surface area contributed by atoms with Crippen molar-refractivity contribution in [2.75, 3.05) is 0 Å². The molecule has 1 aromatic rings. The number of amides is 1. The van der Waals surface area contributed by atoms with Crippen LogP contribution >= 0.6 is 0 Å². The Morgan fingerprint density at radius 3 is 2.53 bits per heavy atom. The summed E-state index contributed by atoms with van der Waals surface area (Å²) >= 11 is 0. The molecule has 0 aromatic heterocycles. The predicted octanol–water partition coefficient (Wildman–Crippen LogP) is 3.55. The summed E-state index contributed by atoms with van der Waals surface area (Å²) < 4.78 is 13.4. The highest BCUT2D eigenvalue weighted by atomic mass is 19.1. The molecule has 3 heteroatoms. The van der Waals surface area contributed by atoms with E-state index in [4.69, 9.17) is 0 Å². The van der Waals surface area contributed by atoms with E-state index in [1.807, 2.05) is 6.07 Å². The molecule has 1 aliphatic carbocycles. The molecule has 0 saturated heterocycles. The Labute approximate surface area is 114 Å². The predicted molar refractivity (Wildman–Crippen MR) is 74.4 cm³/mol. The smallest absolute Gasteiger partial charge is 0.230 e. The molecule has 104 valence electrons. The van der Waals surface area contributed by atoms with Crippen LogP contribution in [0.5, 0.6) is 0 Å². The van der Waals surface area contributed by atoms with Gasteiger partial charge in [0.2, 0.25) is 5.91 Å². The van der Waals surface area contributed by atoms with Crippen LogP contribution in [0.15, 0.2) is 24.3 Å². The van der Waals surface area contributed by atoms with Crippen molar-refractivity contribution < 1.29 is 9.18 Å². The molecule has 0 radical (unpaired) electrons. The van der Waals surface area contributed by atoms with Crippen LogP contribution in [0, 0.1) is 5.82 Å². The normalized spacial score (nSPS) is 17.1. The lowest BCUT2D eigenvalue weighted by molar-refractivity contribution is -0.130. The molecular formula is C16H22FNO. The monoisotopic (exact) mass is 263 g/mol. The van der Waals surface area contributed by atoms with Crippen molar-refractivity contribution in [1.29, 1.82) is 0 Å². The molecule has 0 aliphatic heterocycles. The fraction of sp³-hybridized carbons (Fsp3) is 0.562. The molecule has 2 nitrogen and oxygen atoms in total. The number of nitrogens with one attached hydrogen (secondary N) is 1. The topological polar surface area (TPSA) is 29.1 Å². The molecule has 0 spiro atoms. The van der Waals surface area contributed by atoms with Crippen molar-refractivity contribution >= 4 is 5.91 Å². The summed E-state index contributed by atoms with van der Waals surface area (Å²) in [6.07, 6.45) is 4.54. The largest absolute Gasteiger partial charge is 0.353 e. The van der Waals surface area contributed by atoms with Crippen LogP contribution in [0.25, 0.3) is 0 Å². The van der Waals surface area contributed by atoms with Gasteiger partial charge in [0.1, 0.15) is 5.82 Å². The minimum absolute atomic E-state index is 0.0676. The highest BCUT2D eigenvalue weighted by Gasteiger charge is 2.46. The van der Waals surface area contributed by atoms with Crippen molar-refractivity contribution in [3.8, 4) is 0 Å². The molecule has 0 unspecified atom stereocenters. The van der Waals surface area contributed by atoms with Gasteiger partial charge in [0.25, 0.3) is 0 Å². The Hall–Kier alpha value is -1.38. The number of carbonyl (C=O) groups excluding carboxylic acids is 1. The second-order valence-electron chi connectivity index (χ2n) is 5.43. The van der Waals surface area contributed by atoms with E-state index in [2.05, 4.69) is 19.2 Å². The maximum atomic E-state index is 13.4. The maximum Gasteiger partial charge on any atom is 0.230 e. The van der Waals surface area contributed by atoms with Crippen molar-refractivity contribution in [2.45, 2.75) is 57.4 Å². The average molecular weight is 263 g/mol. The van der Waals surface area contributed by atoms with Crippen LogP contribution in [-0.2, 0) is 10.2 Å².